The molecule has 0 bridgehead atoms. The quantitative estimate of drug-likeness (QED) is 0.660. The zero-order chi connectivity index (χ0) is 10.3. The van der Waals surface area contributed by atoms with Crippen LogP contribution >= 0.6 is 0 Å². The predicted molar refractivity (Wildman–Crippen MR) is 44.6 cm³/mol. The Morgan fingerprint density at radius 2 is 2.00 bits per heavy atom. The largest absolute Gasteiger partial charge is 0.411 e. The number of rotatable bonds is 6. The second-order valence-electron chi connectivity index (χ2n) is 2.94. The predicted octanol–water partition coefficient (Wildman–Crippen LogP) is 1.95. The van der Waals surface area contributed by atoms with Crippen molar-refractivity contribution in [1.29, 1.82) is 0 Å². The van der Waals surface area contributed by atoms with Gasteiger partial charge in [-0.3, -0.25) is 0 Å². The Kier molecular flexibility index (Phi) is 6.07. The average molecular weight is 199 g/mol. The molecule has 0 aliphatic carbocycles. The molecule has 0 aliphatic heterocycles. The number of hydrogen-bond donors (Lipinski definition) is 1. The monoisotopic (exact) mass is 199 g/mol. The van der Waals surface area contributed by atoms with E-state index in [0.29, 0.717) is 6.54 Å². The van der Waals surface area contributed by atoms with Gasteiger partial charge in [-0.2, -0.15) is 13.2 Å². The lowest BCUT2D eigenvalue weighted by Crippen LogP contribution is -2.30. The van der Waals surface area contributed by atoms with Gasteiger partial charge < -0.3 is 10.1 Å². The van der Waals surface area contributed by atoms with Crippen LogP contribution in [-0.2, 0) is 4.74 Å². The molecule has 0 radical (unpaired) electrons. The lowest BCUT2D eigenvalue weighted by molar-refractivity contribution is -0.183. The fraction of sp³-hybridized carbons (Fsp3) is 1.00. The van der Waals surface area contributed by atoms with Crippen LogP contribution in [0.2, 0.25) is 0 Å². The highest BCUT2D eigenvalue weighted by Crippen LogP contribution is 2.15. The third kappa shape index (κ3) is 9.63. The molecule has 0 amide bonds. The first-order valence-electron chi connectivity index (χ1n) is 4.34. The molecule has 5 heteroatoms. The Labute approximate surface area is 76.5 Å². The van der Waals surface area contributed by atoms with Crippen LogP contribution in [0, 0.1) is 0 Å². The highest BCUT2D eigenvalue weighted by atomic mass is 19.4. The summed E-state index contributed by atoms with van der Waals surface area (Å²) in [5.74, 6) is 0. The summed E-state index contributed by atoms with van der Waals surface area (Å²) in [5, 5.41) is 2.98. The molecule has 13 heavy (non-hydrogen) atoms. The lowest BCUT2D eigenvalue weighted by Gasteiger charge is -2.14. The molecule has 0 saturated heterocycles. The van der Waals surface area contributed by atoms with E-state index in [2.05, 4.69) is 10.1 Å². The van der Waals surface area contributed by atoms with Crippen LogP contribution in [0.5, 0.6) is 0 Å². The smallest absolute Gasteiger partial charge is 0.368 e. The minimum absolute atomic E-state index is 0.395. The first-order valence-corrected chi connectivity index (χ1v) is 4.34. The molecule has 0 heterocycles. The van der Waals surface area contributed by atoms with Crippen LogP contribution < -0.4 is 5.32 Å². The van der Waals surface area contributed by atoms with E-state index in [1.54, 1.807) is 6.92 Å². The summed E-state index contributed by atoms with van der Waals surface area (Å²) in [4.78, 5) is 0. The molecule has 0 rings (SSSR count). The van der Waals surface area contributed by atoms with Crippen LogP contribution in [0.3, 0.4) is 0 Å². The van der Waals surface area contributed by atoms with E-state index in [1.807, 2.05) is 6.92 Å². The maximum Gasteiger partial charge on any atom is 0.411 e. The molecule has 0 aromatic heterocycles. The van der Waals surface area contributed by atoms with Crippen molar-refractivity contribution in [2.24, 2.45) is 0 Å². The van der Waals surface area contributed by atoms with E-state index < -0.39 is 18.9 Å². The van der Waals surface area contributed by atoms with Crippen molar-refractivity contribution < 1.29 is 17.9 Å². The van der Waals surface area contributed by atoms with Gasteiger partial charge >= 0.3 is 6.18 Å². The summed E-state index contributed by atoms with van der Waals surface area (Å²) >= 11 is 0. The molecule has 0 saturated carbocycles. The van der Waals surface area contributed by atoms with E-state index in [9.17, 15) is 13.2 Å². The van der Waals surface area contributed by atoms with Gasteiger partial charge in [0.1, 0.15) is 6.61 Å². The molecule has 0 aromatic rings. The van der Waals surface area contributed by atoms with Crippen LogP contribution in [0.25, 0.3) is 0 Å². The van der Waals surface area contributed by atoms with Gasteiger partial charge in [0.25, 0.3) is 0 Å². The maximum absolute atomic E-state index is 11.7. The second-order valence-corrected chi connectivity index (χ2v) is 2.94. The van der Waals surface area contributed by atoms with E-state index >= 15 is 0 Å². The van der Waals surface area contributed by atoms with E-state index in [4.69, 9.17) is 0 Å². The molecule has 1 atom stereocenters. The van der Waals surface area contributed by atoms with Gasteiger partial charge in [0, 0.05) is 6.54 Å². The third-order valence-corrected chi connectivity index (χ3v) is 1.39. The summed E-state index contributed by atoms with van der Waals surface area (Å²) in [6, 6.07) is 0. The van der Waals surface area contributed by atoms with Gasteiger partial charge in [0.2, 0.25) is 0 Å². The third-order valence-electron chi connectivity index (χ3n) is 1.39. The van der Waals surface area contributed by atoms with Crippen molar-refractivity contribution in [1.82, 2.24) is 5.32 Å². The number of halogens is 3. The Balaban J connectivity index is 3.35. The van der Waals surface area contributed by atoms with Crippen molar-refractivity contribution in [3.8, 4) is 0 Å². The first-order chi connectivity index (χ1) is 5.95. The number of hydrogen-bond acceptors (Lipinski definition) is 2. The fourth-order valence-corrected chi connectivity index (χ4v) is 0.778. The van der Waals surface area contributed by atoms with Crippen LogP contribution in [0.1, 0.15) is 20.3 Å². The molecule has 0 aliphatic rings. The van der Waals surface area contributed by atoms with Crippen molar-refractivity contribution in [2.45, 2.75) is 32.5 Å². The highest BCUT2D eigenvalue weighted by Gasteiger charge is 2.28. The molecule has 0 aromatic carbocycles. The standard InChI is InChI=1S/C8H16F3NO/c1-3-4-12-5-7(2)13-6-8(9,10)11/h7,12H,3-6H2,1-2H3. The zero-order valence-electron chi connectivity index (χ0n) is 7.95. The molecule has 0 spiro atoms. The van der Waals surface area contributed by atoms with Crippen molar-refractivity contribution >= 4 is 0 Å². The van der Waals surface area contributed by atoms with Crippen molar-refractivity contribution in [2.75, 3.05) is 19.7 Å². The lowest BCUT2D eigenvalue weighted by atomic mass is 10.4. The second kappa shape index (κ2) is 6.21. The molecular weight excluding hydrogens is 183 g/mol. The molecule has 1 unspecified atom stereocenters. The number of alkyl halides is 3. The average Bonchev–Trinajstić information content (AvgIpc) is 2.00. The number of ether oxygens (including phenoxy) is 1. The van der Waals surface area contributed by atoms with Gasteiger partial charge in [0.05, 0.1) is 6.10 Å². The van der Waals surface area contributed by atoms with Gasteiger partial charge in [0.15, 0.2) is 0 Å². The van der Waals surface area contributed by atoms with Crippen molar-refractivity contribution in [3.05, 3.63) is 0 Å². The summed E-state index contributed by atoms with van der Waals surface area (Å²) in [5.41, 5.74) is 0. The number of nitrogens with one attached hydrogen (secondary N) is 1. The summed E-state index contributed by atoms with van der Waals surface area (Å²) in [7, 11) is 0. The van der Waals surface area contributed by atoms with Gasteiger partial charge in [-0.1, -0.05) is 6.92 Å². The van der Waals surface area contributed by atoms with E-state index in [0.717, 1.165) is 13.0 Å². The minimum atomic E-state index is -4.22. The van der Waals surface area contributed by atoms with Crippen molar-refractivity contribution in [3.63, 3.8) is 0 Å². The topological polar surface area (TPSA) is 21.3 Å². The Hall–Kier alpha value is -0.290. The Morgan fingerprint density at radius 3 is 2.46 bits per heavy atom. The van der Waals surface area contributed by atoms with E-state index in [1.165, 1.54) is 0 Å². The molecule has 0 fully saturated rings. The molecule has 1 N–H and O–H groups in total. The Morgan fingerprint density at radius 1 is 1.38 bits per heavy atom. The van der Waals surface area contributed by atoms with Crippen LogP contribution in [-0.4, -0.2) is 32.0 Å². The molecule has 80 valence electrons. The molecule has 2 nitrogen and oxygen atoms in total. The summed E-state index contributed by atoms with van der Waals surface area (Å²) in [6.45, 7) is 3.72. The summed E-state index contributed by atoms with van der Waals surface area (Å²) < 4.78 is 39.5. The van der Waals surface area contributed by atoms with Gasteiger partial charge in [-0.25, -0.2) is 0 Å². The SMILES string of the molecule is CCCNCC(C)OCC(F)(F)F. The fourth-order valence-electron chi connectivity index (χ4n) is 0.778. The first kappa shape index (κ1) is 12.7. The van der Waals surface area contributed by atoms with Gasteiger partial charge in [-0.15, -0.1) is 0 Å². The van der Waals surface area contributed by atoms with Crippen LogP contribution in [0.15, 0.2) is 0 Å². The highest BCUT2D eigenvalue weighted by molar-refractivity contribution is 4.56. The minimum Gasteiger partial charge on any atom is -0.368 e. The normalized spacial score (nSPS) is 14.5. The Bertz CT molecular complexity index is 127. The maximum atomic E-state index is 11.7. The van der Waals surface area contributed by atoms with E-state index in [-0.39, 0.29) is 0 Å². The van der Waals surface area contributed by atoms with Gasteiger partial charge in [-0.05, 0) is 19.9 Å². The van der Waals surface area contributed by atoms with Crippen LogP contribution in [0.4, 0.5) is 13.2 Å². The molecular formula is C8H16F3NO. The summed E-state index contributed by atoms with van der Waals surface area (Å²) in [6.07, 6.45) is -3.65. The zero-order valence-corrected chi connectivity index (χ0v) is 7.95.